The van der Waals surface area contributed by atoms with E-state index in [4.69, 9.17) is 4.74 Å². The molecule has 0 spiro atoms. The molecule has 0 aliphatic carbocycles. The minimum atomic E-state index is -3.58. The van der Waals surface area contributed by atoms with Gasteiger partial charge < -0.3 is 9.64 Å². The fourth-order valence-electron chi connectivity index (χ4n) is 2.84. The fourth-order valence-corrected chi connectivity index (χ4v) is 4.73. The van der Waals surface area contributed by atoms with E-state index in [1.165, 1.54) is 9.21 Å². The first-order valence-electron chi connectivity index (χ1n) is 8.65. The molecular weight excluding hydrogens is 420 g/mol. The van der Waals surface area contributed by atoms with Crippen LogP contribution in [0.5, 0.6) is 0 Å². The fraction of sp³-hybridized carbons (Fsp3) is 0.611. The second kappa shape index (κ2) is 8.27. The highest BCUT2D eigenvalue weighted by Gasteiger charge is 2.34. The number of rotatable bonds is 4. The zero-order chi connectivity index (χ0) is 19.5. The second-order valence-corrected chi connectivity index (χ2v) is 10.0. The molecule has 146 valence electrons. The lowest BCUT2D eigenvalue weighted by Crippen LogP contribution is -2.51. The normalized spacial score (nSPS) is 19.2. The van der Waals surface area contributed by atoms with Crippen LogP contribution in [0.2, 0.25) is 0 Å². The first kappa shape index (κ1) is 21.2. The van der Waals surface area contributed by atoms with Crippen molar-refractivity contribution in [2.24, 2.45) is 0 Å². The van der Waals surface area contributed by atoms with Gasteiger partial charge in [0.2, 0.25) is 10.0 Å². The maximum Gasteiger partial charge on any atom is 0.410 e. The summed E-state index contributed by atoms with van der Waals surface area (Å²) in [5, 5.41) is 0.680. The molecule has 8 heteroatoms. The predicted molar refractivity (Wildman–Crippen MR) is 105 cm³/mol. The molecule has 1 aromatic carbocycles. The summed E-state index contributed by atoms with van der Waals surface area (Å²) < 4.78 is 32.7. The van der Waals surface area contributed by atoms with Crippen LogP contribution in [-0.2, 0) is 20.1 Å². The Morgan fingerprint density at radius 1 is 1.31 bits per heavy atom. The molecule has 0 aromatic heterocycles. The van der Waals surface area contributed by atoms with Gasteiger partial charge in [0.1, 0.15) is 5.60 Å². The quantitative estimate of drug-likeness (QED) is 0.662. The van der Waals surface area contributed by atoms with Crippen molar-refractivity contribution < 1.29 is 17.9 Å². The summed E-state index contributed by atoms with van der Waals surface area (Å²) >= 11 is 3.36. The Bertz CT molecular complexity index is 729. The Hall–Kier alpha value is -1.12. The molecule has 6 nitrogen and oxygen atoms in total. The largest absolute Gasteiger partial charge is 0.444 e. The third kappa shape index (κ3) is 5.20. The van der Waals surface area contributed by atoms with E-state index in [1.807, 2.05) is 20.8 Å². The van der Waals surface area contributed by atoms with E-state index in [9.17, 15) is 13.2 Å². The van der Waals surface area contributed by atoms with E-state index >= 15 is 0 Å². The number of hydrogen-bond donors (Lipinski definition) is 0. The van der Waals surface area contributed by atoms with Gasteiger partial charge in [0.25, 0.3) is 0 Å². The summed E-state index contributed by atoms with van der Waals surface area (Å²) in [5.41, 5.74) is 0.438. The number of carbonyl (C=O) groups is 1. The van der Waals surface area contributed by atoms with Crippen LogP contribution in [0.3, 0.4) is 0 Å². The highest BCUT2D eigenvalue weighted by Crippen LogP contribution is 2.24. The number of halogens is 1. The number of nitrogens with zero attached hydrogens (tertiary/aromatic N) is 2. The molecule has 0 bridgehead atoms. The number of likely N-dealkylation sites (N-methyl/N-ethyl adjacent to an activating group) is 1. The first-order valence-corrected chi connectivity index (χ1v) is 11.2. The van der Waals surface area contributed by atoms with E-state index in [1.54, 1.807) is 31.3 Å². The maximum atomic E-state index is 12.9. The molecular formula is C18H27BrN2O4S. The highest BCUT2D eigenvalue weighted by molar-refractivity contribution is 9.08. The van der Waals surface area contributed by atoms with Crippen LogP contribution in [0, 0.1) is 0 Å². The van der Waals surface area contributed by atoms with E-state index in [2.05, 4.69) is 15.9 Å². The molecule has 1 fully saturated rings. The van der Waals surface area contributed by atoms with Gasteiger partial charge in [-0.05, 0) is 51.3 Å². The van der Waals surface area contributed by atoms with Crippen molar-refractivity contribution in [2.75, 3.05) is 20.1 Å². The summed E-state index contributed by atoms with van der Waals surface area (Å²) in [7, 11) is -1.91. The molecule has 1 amide bonds. The van der Waals surface area contributed by atoms with Crippen molar-refractivity contribution in [3.8, 4) is 0 Å². The van der Waals surface area contributed by atoms with Gasteiger partial charge in [-0.1, -0.05) is 28.1 Å². The smallest absolute Gasteiger partial charge is 0.410 e. The summed E-state index contributed by atoms with van der Waals surface area (Å²) in [4.78, 5) is 14.1. The summed E-state index contributed by atoms with van der Waals surface area (Å²) in [6.07, 6.45) is 1.03. The molecule has 2 rings (SSSR count). The van der Waals surface area contributed by atoms with Crippen molar-refractivity contribution in [3.63, 3.8) is 0 Å². The summed E-state index contributed by atoms with van der Waals surface area (Å²) in [6.45, 7) is 6.17. The molecule has 0 radical (unpaired) electrons. The number of benzene rings is 1. The Balaban J connectivity index is 2.12. The van der Waals surface area contributed by atoms with Crippen LogP contribution in [-0.4, -0.2) is 55.5 Å². The number of piperidine rings is 1. The van der Waals surface area contributed by atoms with Gasteiger partial charge >= 0.3 is 6.09 Å². The number of sulfonamides is 1. The summed E-state index contributed by atoms with van der Waals surface area (Å²) in [6, 6.07) is 6.67. The molecule has 1 aliphatic rings. The van der Waals surface area contributed by atoms with Gasteiger partial charge in [-0.25, -0.2) is 13.2 Å². The highest BCUT2D eigenvalue weighted by atomic mass is 79.9. The molecule has 1 unspecified atom stereocenters. The topological polar surface area (TPSA) is 66.9 Å². The van der Waals surface area contributed by atoms with E-state index in [0.29, 0.717) is 18.3 Å². The van der Waals surface area contributed by atoms with Gasteiger partial charge in [0, 0.05) is 31.5 Å². The number of amides is 1. The first-order chi connectivity index (χ1) is 12.0. The van der Waals surface area contributed by atoms with Crippen molar-refractivity contribution >= 4 is 32.0 Å². The molecule has 1 saturated heterocycles. The second-order valence-electron chi connectivity index (χ2n) is 7.53. The Morgan fingerprint density at radius 2 is 1.92 bits per heavy atom. The Labute approximate surface area is 164 Å². The molecule has 1 heterocycles. The van der Waals surface area contributed by atoms with E-state index < -0.39 is 21.7 Å². The number of ether oxygens (including phenoxy) is 1. The monoisotopic (exact) mass is 446 g/mol. The summed E-state index contributed by atoms with van der Waals surface area (Å²) in [5.74, 6) is 0. The van der Waals surface area contributed by atoms with Crippen molar-refractivity contribution in [1.29, 1.82) is 0 Å². The predicted octanol–water partition coefficient (Wildman–Crippen LogP) is 3.60. The van der Waals surface area contributed by atoms with Gasteiger partial charge in [-0.3, -0.25) is 0 Å². The maximum absolute atomic E-state index is 12.9. The standard InChI is InChI=1S/C18H27BrN2O4S/c1-18(2,3)25-17(22)20(4)15-6-5-11-21(13-15)26(23,24)16-9-7-14(12-19)8-10-16/h7-10,15H,5-6,11-13H2,1-4H3. The zero-order valence-corrected chi connectivity index (χ0v) is 18.1. The zero-order valence-electron chi connectivity index (χ0n) is 15.7. The van der Waals surface area contributed by atoms with Gasteiger partial charge in [-0.15, -0.1) is 0 Å². The molecule has 1 aromatic rings. The van der Waals surface area contributed by atoms with Crippen LogP contribution in [0.15, 0.2) is 29.2 Å². The number of hydrogen-bond acceptors (Lipinski definition) is 4. The Kier molecular flexibility index (Phi) is 6.74. The molecule has 1 atom stereocenters. The third-order valence-corrected chi connectivity index (χ3v) is 6.83. The van der Waals surface area contributed by atoms with Crippen LogP contribution in [0.4, 0.5) is 4.79 Å². The number of alkyl halides is 1. The van der Waals surface area contributed by atoms with E-state index in [0.717, 1.165) is 12.0 Å². The minimum Gasteiger partial charge on any atom is -0.444 e. The minimum absolute atomic E-state index is 0.199. The van der Waals surface area contributed by atoms with Crippen molar-refractivity contribution in [2.45, 2.75) is 55.5 Å². The lowest BCUT2D eigenvalue weighted by molar-refractivity contribution is 0.0173. The average Bonchev–Trinajstić information content (AvgIpc) is 2.59. The van der Waals surface area contributed by atoms with Crippen LogP contribution < -0.4 is 0 Å². The lowest BCUT2D eigenvalue weighted by Gasteiger charge is -2.37. The SMILES string of the molecule is CN(C(=O)OC(C)(C)C)C1CCCN(S(=O)(=O)c2ccc(CBr)cc2)C1. The van der Waals surface area contributed by atoms with Crippen LogP contribution in [0.25, 0.3) is 0 Å². The average molecular weight is 447 g/mol. The van der Waals surface area contributed by atoms with E-state index in [-0.39, 0.29) is 17.5 Å². The van der Waals surface area contributed by atoms with Crippen LogP contribution >= 0.6 is 15.9 Å². The molecule has 1 aliphatic heterocycles. The van der Waals surface area contributed by atoms with Crippen LogP contribution in [0.1, 0.15) is 39.2 Å². The lowest BCUT2D eigenvalue weighted by atomic mass is 10.1. The van der Waals surface area contributed by atoms with Crippen molar-refractivity contribution in [1.82, 2.24) is 9.21 Å². The van der Waals surface area contributed by atoms with Gasteiger partial charge in [0.05, 0.1) is 4.90 Å². The number of carbonyl (C=O) groups excluding carboxylic acids is 1. The molecule has 26 heavy (non-hydrogen) atoms. The third-order valence-electron chi connectivity index (χ3n) is 4.30. The van der Waals surface area contributed by atoms with Crippen molar-refractivity contribution in [3.05, 3.63) is 29.8 Å². The molecule has 0 saturated carbocycles. The van der Waals surface area contributed by atoms with Gasteiger partial charge in [-0.2, -0.15) is 4.31 Å². The van der Waals surface area contributed by atoms with Gasteiger partial charge in [0.15, 0.2) is 0 Å². The Morgan fingerprint density at radius 3 is 2.46 bits per heavy atom. The molecule has 0 N–H and O–H groups in total.